The molecule has 1 aromatic heterocycles. The molecular weight excluding hydrogens is 202 g/mol. The van der Waals surface area contributed by atoms with Crippen LogP contribution < -0.4 is 10.9 Å². The Kier molecular flexibility index (Phi) is 5.61. The van der Waals surface area contributed by atoms with Gasteiger partial charge < -0.3 is 10.3 Å². The van der Waals surface area contributed by atoms with E-state index in [2.05, 4.69) is 29.1 Å². The van der Waals surface area contributed by atoms with Crippen molar-refractivity contribution in [3.63, 3.8) is 0 Å². The molecule has 16 heavy (non-hydrogen) atoms. The van der Waals surface area contributed by atoms with Crippen LogP contribution in [-0.4, -0.2) is 16.5 Å². The van der Waals surface area contributed by atoms with Gasteiger partial charge in [-0.25, -0.2) is 4.98 Å². The Labute approximate surface area is 96.5 Å². The van der Waals surface area contributed by atoms with Crippen LogP contribution in [0.15, 0.2) is 17.2 Å². The second-order valence-corrected chi connectivity index (χ2v) is 4.09. The maximum atomic E-state index is 11.0. The zero-order chi connectivity index (χ0) is 11.8. The highest BCUT2D eigenvalue weighted by Gasteiger charge is 2.05. The normalized spacial score (nSPS) is 12.4. The molecule has 1 heterocycles. The van der Waals surface area contributed by atoms with E-state index in [0.29, 0.717) is 11.7 Å². The monoisotopic (exact) mass is 223 g/mol. The molecule has 90 valence electrons. The average Bonchev–Trinajstić information content (AvgIpc) is 2.29. The SMILES string of the molecule is CCCCC(CC)CNc1cc(=O)[nH]cn1. The Hall–Kier alpha value is -1.32. The first kappa shape index (κ1) is 12.7. The van der Waals surface area contributed by atoms with Crippen molar-refractivity contribution in [2.75, 3.05) is 11.9 Å². The van der Waals surface area contributed by atoms with Gasteiger partial charge in [-0.15, -0.1) is 0 Å². The molecule has 0 fully saturated rings. The topological polar surface area (TPSA) is 57.8 Å². The molecule has 0 bridgehead atoms. The molecule has 1 atom stereocenters. The van der Waals surface area contributed by atoms with Crippen LogP contribution in [0.25, 0.3) is 0 Å². The van der Waals surface area contributed by atoms with Crippen LogP contribution in [0.5, 0.6) is 0 Å². The summed E-state index contributed by atoms with van der Waals surface area (Å²) in [6, 6.07) is 1.49. The molecule has 0 aromatic carbocycles. The maximum absolute atomic E-state index is 11.0. The van der Waals surface area contributed by atoms with E-state index < -0.39 is 0 Å². The Morgan fingerprint density at radius 1 is 1.50 bits per heavy atom. The number of H-pyrrole nitrogens is 1. The third kappa shape index (κ3) is 4.47. The highest BCUT2D eigenvalue weighted by Crippen LogP contribution is 2.12. The van der Waals surface area contributed by atoms with Gasteiger partial charge in [-0.05, 0) is 12.3 Å². The fourth-order valence-electron chi connectivity index (χ4n) is 1.66. The molecule has 4 heteroatoms. The van der Waals surface area contributed by atoms with Gasteiger partial charge in [0.25, 0.3) is 5.56 Å². The molecule has 4 nitrogen and oxygen atoms in total. The highest BCUT2D eigenvalue weighted by atomic mass is 16.1. The zero-order valence-electron chi connectivity index (χ0n) is 10.1. The quantitative estimate of drug-likeness (QED) is 0.746. The molecule has 0 amide bonds. The lowest BCUT2D eigenvalue weighted by Crippen LogP contribution is -2.16. The van der Waals surface area contributed by atoms with Crippen LogP contribution in [0, 0.1) is 5.92 Å². The summed E-state index contributed by atoms with van der Waals surface area (Å²) < 4.78 is 0. The van der Waals surface area contributed by atoms with Crippen LogP contribution in [0.1, 0.15) is 39.5 Å². The summed E-state index contributed by atoms with van der Waals surface area (Å²) in [4.78, 5) is 17.6. The number of aromatic nitrogens is 2. The minimum atomic E-state index is -0.112. The Morgan fingerprint density at radius 3 is 2.94 bits per heavy atom. The molecule has 0 aliphatic rings. The predicted molar refractivity (Wildman–Crippen MR) is 66.7 cm³/mol. The first-order valence-corrected chi connectivity index (χ1v) is 6.04. The number of hydrogen-bond donors (Lipinski definition) is 2. The van der Waals surface area contributed by atoms with Crippen LogP contribution in [0.3, 0.4) is 0 Å². The molecule has 0 radical (unpaired) electrons. The number of anilines is 1. The average molecular weight is 223 g/mol. The van der Waals surface area contributed by atoms with Crippen molar-refractivity contribution >= 4 is 5.82 Å². The van der Waals surface area contributed by atoms with Crippen molar-refractivity contribution in [2.24, 2.45) is 5.92 Å². The summed E-state index contributed by atoms with van der Waals surface area (Å²) in [5.74, 6) is 1.33. The molecule has 2 N–H and O–H groups in total. The first-order valence-electron chi connectivity index (χ1n) is 6.04. The van der Waals surface area contributed by atoms with Gasteiger partial charge in [-0.3, -0.25) is 4.79 Å². The summed E-state index contributed by atoms with van der Waals surface area (Å²) in [5, 5.41) is 3.21. The molecule has 0 aliphatic carbocycles. The van der Waals surface area contributed by atoms with Gasteiger partial charge in [-0.1, -0.05) is 33.1 Å². The van der Waals surface area contributed by atoms with E-state index in [4.69, 9.17) is 0 Å². The third-order valence-electron chi connectivity index (χ3n) is 2.79. The van der Waals surface area contributed by atoms with E-state index in [1.807, 2.05) is 0 Å². The smallest absolute Gasteiger partial charge is 0.252 e. The summed E-state index contributed by atoms with van der Waals surface area (Å²) in [5.41, 5.74) is -0.112. The van der Waals surface area contributed by atoms with Crippen LogP contribution >= 0.6 is 0 Å². The minimum absolute atomic E-state index is 0.112. The van der Waals surface area contributed by atoms with E-state index in [0.717, 1.165) is 13.0 Å². The molecule has 0 saturated carbocycles. The molecular formula is C12H21N3O. The van der Waals surface area contributed by atoms with Crippen molar-refractivity contribution in [1.82, 2.24) is 9.97 Å². The van der Waals surface area contributed by atoms with Gasteiger partial charge in [0, 0.05) is 12.6 Å². The molecule has 1 unspecified atom stereocenters. The summed E-state index contributed by atoms with van der Waals surface area (Å²) in [6.07, 6.45) is 6.33. The maximum Gasteiger partial charge on any atom is 0.252 e. The third-order valence-corrected chi connectivity index (χ3v) is 2.79. The van der Waals surface area contributed by atoms with Gasteiger partial charge in [0.05, 0.1) is 6.33 Å². The minimum Gasteiger partial charge on any atom is -0.370 e. The number of rotatable bonds is 7. The predicted octanol–water partition coefficient (Wildman–Crippen LogP) is 2.40. The van der Waals surface area contributed by atoms with E-state index in [1.54, 1.807) is 0 Å². The lowest BCUT2D eigenvalue weighted by Gasteiger charge is -2.15. The number of nitrogens with zero attached hydrogens (tertiary/aromatic N) is 1. The molecule has 0 saturated heterocycles. The number of unbranched alkanes of at least 4 members (excludes halogenated alkanes) is 1. The summed E-state index contributed by atoms with van der Waals surface area (Å²) >= 11 is 0. The summed E-state index contributed by atoms with van der Waals surface area (Å²) in [6.45, 7) is 5.30. The number of aromatic amines is 1. The van der Waals surface area contributed by atoms with Gasteiger partial charge >= 0.3 is 0 Å². The second-order valence-electron chi connectivity index (χ2n) is 4.09. The van der Waals surface area contributed by atoms with Gasteiger partial charge in [0.1, 0.15) is 5.82 Å². The van der Waals surface area contributed by atoms with E-state index >= 15 is 0 Å². The Bertz CT molecular complexity index is 348. The van der Waals surface area contributed by atoms with Crippen molar-refractivity contribution in [1.29, 1.82) is 0 Å². The van der Waals surface area contributed by atoms with Crippen molar-refractivity contribution in [3.8, 4) is 0 Å². The van der Waals surface area contributed by atoms with E-state index in [9.17, 15) is 4.79 Å². The second kappa shape index (κ2) is 7.04. The molecule has 0 aliphatic heterocycles. The Balaban J connectivity index is 2.40. The first-order chi connectivity index (χ1) is 7.76. The van der Waals surface area contributed by atoms with Gasteiger partial charge in [0.2, 0.25) is 0 Å². The molecule has 0 spiro atoms. The van der Waals surface area contributed by atoms with Crippen molar-refractivity contribution < 1.29 is 0 Å². The number of nitrogens with one attached hydrogen (secondary N) is 2. The van der Waals surface area contributed by atoms with Crippen LogP contribution in [0.2, 0.25) is 0 Å². The van der Waals surface area contributed by atoms with Crippen LogP contribution in [-0.2, 0) is 0 Å². The van der Waals surface area contributed by atoms with E-state index in [-0.39, 0.29) is 5.56 Å². The van der Waals surface area contributed by atoms with Crippen molar-refractivity contribution in [2.45, 2.75) is 39.5 Å². The van der Waals surface area contributed by atoms with Gasteiger partial charge in [0.15, 0.2) is 0 Å². The molecule has 1 rings (SSSR count). The largest absolute Gasteiger partial charge is 0.370 e. The lowest BCUT2D eigenvalue weighted by atomic mass is 9.99. The fraction of sp³-hybridized carbons (Fsp3) is 0.667. The van der Waals surface area contributed by atoms with Gasteiger partial charge in [-0.2, -0.15) is 0 Å². The van der Waals surface area contributed by atoms with Crippen molar-refractivity contribution in [3.05, 3.63) is 22.7 Å². The lowest BCUT2D eigenvalue weighted by molar-refractivity contribution is 0.472. The summed E-state index contributed by atoms with van der Waals surface area (Å²) in [7, 11) is 0. The number of hydrogen-bond acceptors (Lipinski definition) is 3. The Morgan fingerprint density at radius 2 is 2.31 bits per heavy atom. The van der Waals surface area contributed by atoms with E-state index in [1.165, 1.54) is 31.7 Å². The van der Waals surface area contributed by atoms with Crippen LogP contribution in [0.4, 0.5) is 5.82 Å². The molecule has 1 aromatic rings. The standard InChI is InChI=1S/C12H21N3O/c1-3-5-6-10(4-2)8-13-11-7-12(16)15-9-14-11/h7,9-10H,3-6,8H2,1-2H3,(H2,13,14,15,16). The fourth-order valence-corrected chi connectivity index (χ4v) is 1.66. The highest BCUT2D eigenvalue weighted by molar-refractivity contribution is 5.31. The zero-order valence-corrected chi connectivity index (χ0v) is 10.1.